The quantitative estimate of drug-likeness (QED) is 0.767. The van der Waals surface area contributed by atoms with Crippen LogP contribution in [-0.2, 0) is 10.2 Å². The zero-order chi connectivity index (χ0) is 13.9. The summed E-state index contributed by atoms with van der Waals surface area (Å²) in [7, 11) is -3.36. The molecule has 3 N–H and O–H groups in total. The van der Waals surface area contributed by atoms with E-state index in [1.54, 1.807) is 4.31 Å². The second-order valence-electron chi connectivity index (χ2n) is 6.14. The van der Waals surface area contributed by atoms with E-state index in [4.69, 9.17) is 5.73 Å². The molecule has 0 aromatic rings. The molecule has 1 aliphatic heterocycles. The van der Waals surface area contributed by atoms with Crippen LogP contribution in [0.25, 0.3) is 0 Å². The summed E-state index contributed by atoms with van der Waals surface area (Å²) in [5.41, 5.74) is 6.10. The van der Waals surface area contributed by atoms with Crippen molar-refractivity contribution in [2.24, 2.45) is 11.7 Å². The van der Waals surface area contributed by atoms with Gasteiger partial charge < -0.3 is 5.73 Å². The molecule has 0 aromatic carbocycles. The molecule has 1 heterocycles. The molecule has 1 saturated heterocycles. The van der Waals surface area contributed by atoms with Gasteiger partial charge in [0.25, 0.3) is 10.2 Å². The highest BCUT2D eigenvalue weighted by atomic mass is 32.2. The summed E-state index contributed by atoms with van der Waals surface area (Å²) in [6.07, 6.45) is 7.20. The van der Waals surface area contributed by atoms with Crippen molar-refractivity contribution in [3.05, 3.63) is 0 Å². The van der Waals surface area contributed by atoms with Gasteiger partial charge in [0.1, 0.15) is 0 Å². The monoisotopic (exact) mass is 289 g/mol. The maximum Gasteiger partial charge on any atom is 0.279 e. The highest BCUT2D eigenvalue weighted by molar-refractivity contribution is 7.87. The van der Waals surface area contributed by atoms with E-state index in [2.05, 4.69) is 11.6 Å². The molecule has 0 bridgehead atoms. The van der Waals surface area contributed by atoms with Gasteiger partial charge in [-0.1, -0.05) is 26.2 Å². The summed E-state index contributed by atoms with van der Waals surface area (Å²) in [4.78, 5) is 0. The van der Waals surface area contributed by atoms with Gasteiger partial charge in [-0.3, -0.25) is 0 Å². The minimum Gasteiger partial charge on any atom is -0.326 e. The molecule has 0 amide bonds. The largest absolute Gasteiger partial charge is 0.326 e. The van der Waals surface area contributed by atoms with Crippen LogP contribution in [0.1, 0.15) is 51.9 Å². The van der Waals surface area contributed by atoms with Crippen LogP contribution in [0.5, 0.6) is 0 Å². The Kier molecular flexibility index (Phi) is 5.22. The predicted molar refractivity (Wildman–Crippen MR) is 76.9 cm³/mol. The van der Waals surface area contributed by atoms with Crippen molar-refractivity contribution in [2.45, 2.75) is 64.0 Å². The molecule has 2 rings (SSSR count). The average Bonchev–Trinajstić information content (AvgIpc) is 2.55. The van der Waals surface area contributed by atoms with Crippen molar-refractivity contribution < 1.29 is 8.42 Å². The Bertz CT molecular complexity index is 385. The van der Waals surface area contributed by atoms with E-state index in [0.717, 1.165) is 44.9 Å². The highest BCUT2D eigenvalue weighted by Gasteiger charge is 2.31. The molecule has 2 aliphatic rings. The molecular weight excluding hydrogens is 262 g/mol. The first-order chi connectivity index (χ1) is 8.99. The maximum atomic E-state index is 12.4. The van der Waals surface area contributed by atoms with Crippen LogP contribution in [-0.4, -0.2) is 37.9 Å². The van der Waals surface area contributed by atoms with Crippen molar-refractivity contribution in [2.75, 3.05) is 13.1 Å². The zero-order valence-electron chi connectivity index (χ0n) is 11.8. The molecule has 0 spiro atoms. The summed E-state index contributed by atoms with van der Waals surface area (Å²) in [5.74, 6) is 0.452. The SMILES string of the molecule is CC1CCCN(S(=O)(=O)NC2CCCCCC2N)C1. The average molecular weight is 289 g/mol. The van der Waals surface area contributed by atoms with Crippen LogP contribution in [0.3, 0.4) is 0 Å². The van der Waals surface area contributed by atoms with Gasteiger partial charge in [0.2, 0.25) is 0 Å². The van der Waals surface area contributed by atoms with Crippen LogP contribution in [0, 0.1) is 5.92 Å². The minimum atomic E-state index is -3.36. The van der Waals surface area contributed by atoms with Gasteiger partial charge in [0.05, 0.1) is 0 Å². The Morgan fingerprint density at radius 3 is 2.58 bits per heavy atom. The van der Waals surface area contributed by atoms with Crippen molar-refractivity contribution in [1.82, 2.24) is 9.03 Å². The Morgan fingerprint density at radius 2 is 1.84 bits per heavy atom. The van der Waals surface area contributed by atoms with E-state index in [0.29, 0.717) is 19.0 Å². The summed E-state index contributed by atoms with van der Waals surface area (Å²) in [6, 6.07) is -0.135. The predicted octanol–water partition coefficient (Wildman–Crippen LogP) is 1.21. The second-order valence-corrected chi connectivity index (χ2v) is 7.84. The molecular formula is C13H27N3O2S. The number of hydrogen-bond donors (Lipinski definition) is 2. The number of rotatable bonds is 3. The third kappa shape index (κ3) is 4.15. The Balaban J connectivity index is 1.99. The van der Waals surface area contributed by atoms with E-state index in [1.807, 2.05) is 0 Å². The lowest BCUT2D eigenvalue weighted by Crippen LogP contribution is -2.53. The third-order valence-electron chi connectivity index (χ3n) is 4.33. The van der Waals surface area contributed by atoms with Gasteiger partial charge in [0, 0.05) is 25.2 Å². The Hall–Kier alpha value is -0.170. The number of hydrogen-bond acceptors (Lipinski definition) is 3. The van der Waals surface area contributed by atoms with Gasteiger partial charge in [-0.25, -0.2) is 0 Å². The highest BCUT2D eigenvalue weighted by Crippen LogP contribution is 2.21. The van der Waals surface area contributed by atoms with Gasteiger partial charge in [-0.05, 0) is 31.6 Å². The molecule has 19 heavy (non-hydrogen) atoms. The number of nitrogens with zero attached hydrogens (tertiary/aromatic N) is 1. The molecule has 3 unspecified atom stereocenters. The van der Waals surface area contributed by atoms with E-state index >= 15 is 0 Å². The lowest BCUT2D eigenvalue weighted by atomic mass is 10.0. The molecule has 0 radical (unpaired) electrons. The third-order valence-corrected chi connectivity index (χ3v) is 5.94. The fourth-order valence-corrected chi connectivity index (χ4v) is 4.76. The molecule has 6 heteroatoms. The van der Waals surface area contributed by atoms with Crippen molar-refractivity contribution in [1.29, 1.82) is 0 Å². The smallest absolute Gasteiger partial charge is 0.279 e. The maximum absolute atomic E-state index is 12.4. The standard InChI is InChI=1S/C13H27N3O2S/c1-11-6-5-9-16(10-11)19(17,18)15-13-8-4-2-3-7-12(13)14/h11-13,15H,2-10,14H2,1H3. The lowest BCUT2D eigenvalue weighted by molar-refractivity contribution is 0.274. The molecule has 5 nitrogen and oxygen atoms in total. The lowest BCUT2D eigenvalue weighted by Gasteiger charge is -2.32. The van der Waals surface area contributed by atoms with E-state index in [9.17, 15) is 8.42 Å². The van der Waals surface area contributed by atoms with Crippen LogP contribution in [0.4, 0.5) is 0 Å². The molecule has 112 valence electrons. The van der Waals surface area contributed by atoms with E-state index in [-0.39, 0.29) is 12.1 Å². The summed E-state index contributed by atoms with van der Waals surface area (Å²) >= 11 is 0. The van der Waals surface area contributed by atoms with Crippen LogP contribution in [0.15, 0.2) is 0 Å². The van der Waals surface area contributed by atoms with E-state index in [1.165, 1.54) is 0 Å². The first kappa shape index (κ1) is 15.2. The van der Waals surface area contributed by atoms with Gasteiger partial charge in [0.15, 0.2) is 0 Å². The molecule has 3 atom stereocenters. The summed E-state index contributed by atoms with van der Waals surface area (Å²) in [6.45, 7) is 3.39. The Labute approximate surface area is 117 Å². The van der Waals surface area contributed by atoms with E-state index < -0.39 is 10.2 Å². The molecule has 1 aliphatic carbocycles. The molecule has 2 fully saturated rings. The van der Waals surface area contributed by atoms with Crippen LogP contribution >= 0.6 is 0 Å². The normalized spacial score (nSPS) is 34.9. The van der Waals surface area contributed by atoms with Gasteiger partial charge in [-0.2, -0.15) is 17.4 Å². The van der Waals surface area contributed by atoms with Crippen molar-refractivity contribution in [3.8, 4) is 0 Å². The fraction of sp³-hybridized carbons (Fsp3) is 1.00. The fourth-order valence-electron chi connectivity index (χ4n) is 3.11. The van der Waals surface area contributed by atoms with Crippen LogP contribution in [0.2, 0.25) is 0 Å². The number of nitrogens with one attached hydrogen (secondary N) is 1. The minimum absolute atomic E-state index is 0.0421. The first-order valence-corrected chi connectivity index (χ1v) is 8.96. The van der Waals surface area contributed by atoms with Crippen LogP contribution < -0.4 is 10.5 Å². The number of nitrogens with two attached hydrogens (primary N) is 1. The van der Waals surface area contributed by atoms with Gasteiger partial charge >= 0.3 is 0 Å². The Morgan fingerprint density at radius 1 is 1.11 bits per heavy atom. The van der Waals surface area contributed by atoms with Crippen molar-refractivity contribution >= 4 is 10.2 Å². The molecule has 1 saturated carbocycles. The van der Waals surface area contributed by atoms with Gasteiger partial charge in [-0.15, -0.1) is 0 Å². The molecule has 0 aromatic heterocycles. The van der Waals surface area contributed by atoms with Crippen molar-refractivity contribution in [3.63, 3.8) is 0 Å². The summed E-state index contributed by atoms with van der Waals surface area (Å²) < 4.78 is 29.3. The second kappa shape index (κ2) is 6.52. The number of piperidine rings is 1. The zero-order valence-corrected chi connectivity index (χ0v) is 12.7. The topological polar surface area (TPSA) is 75.4 Å². The summed E-state index contributed by atoms with van der Waals surface area (Å²) in [5, 5.41) is 0. The first-order valence-electron chi connectivity index (χ1n) is 7.52.